The predicted molar refractivity (Wildman–Crippen MR) is 79.5 cm³/mol. The van der Waals surface area contributed by atoms with Crippen LogP contribution in [0.2, 0.25) is 0 Å². The van der Waals surface area contributed by atoms with Crippen molar-refractivity contribution in [3.05, 3.63) is 40.7 Å². The molecule has 0 saturated carbocycles. The first-order valence-corrected chi connectivity index (χ1v) is 7.68. The lowest BCUT2D eigenvalue weighted by atomic mass is 10.1. The Morgan fingerprint density at radius 2 is 2.33 bits per heavy atom. The molecule has 1 aromatic heterocycles. The van der Waals surface area contributed by atoms with Gasteiger partial charge in [0.05, 0.1) is 18.0 Å². The van der Waals surface area contributed by atoms with Gasteiger partial charge < -0.3 is 10.1 Å². The molecule has 0 radical (unpaired) electrons. The second kappa shape index (κ2) is 5.81. The highest BCUT2D eigenvalue weighted by atomic mass is 32.1. The molecule has 1 unspecified atom stereocenters. The molecule has 0 amide bonds. The van der Waals surface area contributed by atoms with Crippen LogP contribution in [-0.2, 0) is 16.0 Å². The minimum Gasteiger partial charge on any atom is -0.465 e. The summed E-state index contributed by atoms with van der Waals surface area (Å²) in [6.07, 6.45) is 1.56. The molecule has 0 fully saturated rings. The van der Waals surface area contributed by atoms with E-state index in [9.17, 15) is 9.18 Å². The maximum absolute atomic E-state index is 13.6. The molecule has 1 aliphatic rings. The quantitative estimate of drug-likeness (QED) is 0.877. The molecule has 0 saturated heterocycles. The number of aromatic nitrogens is 1. The van der Waals surface area contributed by atoms with Crippen molar-refractivity contribution in [2.75, 3.05) is 11.9 Å². The summed E-state index contributed by atoms with van der Waals surface area (Å²) in [4.78, 5) is 17.4. The van der Waals surface area contributed by atoms with Gasteiger partial charge in [0.15, 0.2) is 5.13 Å². The molecule has 0 aliphatic heterocycles. The number of ether oxygens (including phenoxy) is 1. The van der Waals surface area contributed by atoms with E-state index in [1.165, 1.54) is 17.4 Å². The highest BCUT2D eigenvalue weighted by molar-refractivity contribution is 7.15. The fourth-order valence-electron chi connectivity index (χ4n) is 2.43. The van der Waals surface area contributed by atoms with Crippen molar-refractivity contribution in [3.63, 3.8) is 0 Å². The Labute approximate surface area is 126 Å². The molecule has 0 spiro atoms. The van der Waals surface area contributed by atoms with E-state index in [2.05, 4.69) is 10.3 Å². The summed E-state index contributed by atoms with van der Waals surface area (Å²) in [6, 6.07) is 6.45. The number of carbonyl (C=O) groups is 1. The van der Waals surface area contributed by atoms with Crippen molar-refractivity contribution in [2.45, 2.75) is 25.7 Å². The summed E-state index contributed by atoms with van der Waals surface area (Å²) in [5.74, 6) is -0.832. The average Bonchev–Trinajstić information content (AvgIpc) is 3.01. The van der Waals surface area contributed by atoms with Crippen LogP contribution in [0.5, 0.6) is 0 Å². The van der Waals surface area contributed by atoms with Crippen LogP contribution in [0.3, 0.4) is 0 Å². The zero-order chi connectivity index (χ0) is 14.8. The second-order valence-electron chi connectivity index (χ2n) is 4.78. The second-order valence-corrected chi connectivity index (χ2v) is 5.86. The Bertz CT molecular complexity index is 671. The van der Waals surface area contributed by atoms with E-state index < -0.39 is 0 Å². The van der Waals surface area contributed by atoms with Gasteiger partial charge in [0.2, 0.25) is 0 Å². The van der Waals surface area contributed by atoms with Gasteiger partial charge in [-0.3, -0.25) is 4.79 Å². The maximum atomic E-state index is 13.6. The number of carbonyl (C=O) groups excluding carboxylic acids is 1. The highest BCUT2D eigenvalue weighted by Crippen LogP contribution is 2.39. The van der Waals surface area contributed by atoms with E-state index in [1.807, 2.05) is 0 Å². The minimum atomic E-state index is -0.324. The summed E-state index contributed by atoms with van der Waals surface area (Å²) < 4.78 is 18.7. The number of thiazole rings is 1. The lowest BCUT2D eigenvalue weighted by molar-refractivity contribution is -0.145. The topological polar surface area (TPSA) is 51.2 Å². The van der Waals surface area contributed by atoms with Gasteiger partial charge in [-0.05, 0) is 31.9 Å². The summed E-state index contributed by atoms with van der Waals surface area (Å²) in [6.45, 7) is 2.16. The molecule has 1 N–H and O–H groups in total. The molecule has 1 aromatic carbocycles. The van der Waals surface area contributed by atoms with Crippen LogP contribution in [-0.4, -0.2) is 17.6 Å². The van der Waals surface area contributed by atoms with Crippen molar-refractivity contribution >= 4 is 28.1 Å². The SMILES string of the molecule is CCOC(=O)C1CCc2sc(Nc3ccccc3F)nc21. The van der Waals surface area contributed by atoms with Crippen molar-refractivity contribution < 1.29 is 13.9 Å². The number of halogens is 1. The third-order valence-electron chi connectivity index (χ3n) is 3.40. The van der Waals surface area contributed by atoms with Gasteiger partial charge in [0.25, 0.3) is 0 Å². The van der Waals surface area contributed by atoms with Gasteiger partial charge in [0.1, 0.15) is 11.7 Å². The van der Waals surface area contributed by atoms with E-state index in [0.29, 0.717) is 17.4 Å². The number of nitrogens with one attached hydrogen (secondary N) is 1. The number of esters is 1. The molecular weight excluding hydrogens is 291 g/mol. The largest absolute Gasteiger partial charge is 0.465 e. The fraction of sp³-hybridized carbons (Fsp3) is 0.333. The number of hydrogen-bond acceptors (Lipinski definition) is 5. The summed E-state index contributed by atoms with van der Waals surface area (Å²) in [5.41, 5.74) is 1.16. The van der Waals surface area contributed by atoms with Crippen LogP contribution in [0, 0.1) is 5.82 Å². The maximum Gasteiger partial charge on any atom is 0.315 e. The van der Waals surface area contributed by atoms with Gasteiger partial charge in [-0.1, -0.05) is 12.1 Å². The molecule has 1 atom stereocenters. The van der Waals surface area contributed by atoms with Crippen LogP contribution in [0.15, 0.2) is 24.3 Å². The fourth-order valence-corrected chi connectivity index (χ4v) is 3.48. The number of benzene rings is 1. The van der Waals surface area contributed by atoms with E-state index in [-0.39, 0.29) is 17.7 Å². The lowest BCUT2D eigenvalue weighted by Crippen LogP contribution is -2.14. The van der Waals surface area contributed by atoms with E-state index in [0.717, 1.165) is 23.4 Å². The minimum absolute atomic E-state index is 0.223. The van der Waals surface area contributed by atoms with Gasteiger partial charge in [-0.2, -0.15) is 0 Å². The zero-order valence-electron chi connectivity index (χ0n) is 11.6. The number of nitrogens with zero attached hydrogens (tertiary/aromatic N) is 1. The smallest absolute Gasteiger partial charge is 0.315 e. The molecule has 1 heterocycles. The van der Waals surface area contributed by atoms with Crippen LogP contribution < -0.4 is 5.32 Å². The van der Waals surface area contributed by atoms with Gasteiger partial charge in [0, 0.05) is 4.88 Å². The van der Waals surface area contributed by atoms with E-state index in [4.69, 9.17) is 4.74 Å². The van der Waals surface area contributed by atoms with Crippen molar-refractivity contribution in [1.29, 1.82) is 0 Å². The van der Waals surface area contributed by atoms with Gasteiger partial charge >= 0.3 is 5.97 Å². The van der Waals surface area contributed by atoms with Crippen LogP contribution in [0.25, 0.3) is 0 Å². The van der Waals surface area contributed by atoms with Crippen LogP contribution in [0.4, 0.5) is 15.2 Å². The Hall–Kier alpha value is -1.95. The van der Waals surface area contributed by atoms with Crippen LogP contribution >= 0.6 is 11.3 Å². The molecule has 4 nitrogen and oxygen atoms in total. The molecule has 1 aliphatic carbocycles. The Balaban J connectivity index is 1.81. The number of fused-ring (bicyclic) bond motifs is 1. The van der Waals surface area contributed by atoms with Gasteiger partial charge in [-0.15, -0.1) is 11.3 Å². The lowest BCUT2D eigenvalue weighted by Gasteiger charge is -2.08. The van der Waals surface area contributed by atoms with Crippen LogP contribution in [0.1, 0.15) is 29.8 Å². The molecule has 2 aromatic rings. The summed E-state index contributed by atoms with van der Waals surface area (Å²) in [7, 11) is 0. The third kappa shape index (κ3) is 2.76. The average molecular weight is 306 g/mol. The Morgan fingerprint density at radius 1 is 1.52 bits per heavy atom. The molecule has 3 rings (SSSR count). The van der Waals surface area contributed by atoms with Crippen molar-refractivity contribution in [2.24, 2.45) is 0 Å². The molecule has 0 bridgehead atoms. The van der Waals surface area contributed by atoms with Crippen molar-refractivity contribution in [3.8, 4) is 0 Å². The Morgan fingerprint density at radius 3 is 3.10 bits per heavy atom. The number of para-hydroxylation sites is 1. The number of hydrogen-bond donors (Lipinski definition) is 1. The number of anilines is 2. The number of aryl methyl sites for hydroxylation is 1. The highest BCUT2D eigenvalue weighted by Gasteiger charge is 2.33. The van der Waals surface area contributed by atoms with Crippen molar-refractivity contribution in [1.82, 2.24) is 4.98 Å². The summed E-state index contributed by atoms with van der Waals surface area (Å²) >= 11 is 1.47. The predicted octanol–water partition coefficient (Wildman–Crippen LogP) is 3.62. The summed E-state index contributed by atoms with van der Waals surface area (Å²) in [5, 5.41) is 3.58. The molecular formula is C15H15FN2O2S. The zero-order valence-corrected chi connectivity index (χ0v) is 12.4. The monoisotopic (exact) mass is 306 g/mol. The Kier molecular flexibility index (Phi) is 3.88. The first kappa shape index (κ1) is 14.0. The molecule has 21 heavy (non-hydrogen) atoms. The first-order chi connectivity index (χ1) is 10.2. The number of rotatable bonds is 4. The van der Waals surface area contributed by atoms with E-state index in [1.54, 1.807) is 25.1 Å². The van der Waals surface area contributed by atoms with Gasteiger partial charge in [-0.25, -0.2) is 9.37 Å². The van der Waals surface area contributed by atoms with E-state index >= 15 is 0 Å². The molecule has 6 heteroatoms. The first-order valence-electron chi connectivity index (χ1n) is 6.86. The third-order valence-corrected chi connectivity index (χ3v) is 4.45. The molecule has 110 valence electrons. The standard InChI is InChI=1S/C15H15FN2O2S/c1-2-20-14(19)9-7-8-12-13(9)18-15(21-12)17-11-6-4-3-5-10(11)16/h3-6,9H,2,7-8H2,1H3,(H,17,18). The normalized spacial score (nSPS) is 16.6.